The van der Waals surface area contributed by atoms with Gasteiger partial charge in [0.15, 0.2) is 0 Å². The number of para-hydroxylation sites is 1. The number of rotatable bonds is 8. The summed E-state index contributed by atoms with van der Waals surface area (Å²) in [6.45, 7) is 1.84. The van der Waals surface area contributed by atoms with Crippen LogP contribution in [0.4, 0.5) is 0 Å². The van der Waals surface area contributed by atoms with Crippen molar-refractivity contribution in [3.63, 3.8) is 0 Å². The third kappa shape index (κ3) is 5.36. The molecule has 0 spiro atoms. The number of aromatic nitrogens is 2. The quantitative estimate of drug-likeness (QED) is 0.556. The van der Waals surface area contributed by atoms with Crippen molar-refractivity contribution in [2.75, 3.05) is 14.1 Å². The maximum atomic E-state index is 12.3. The van der Waals surface area contributed by atoms with Gasteiger partial charge in [-0.2, -0.15) is 0 Å². The second kappa shape index (κ2) is 9.40. The van der Waals surface area contributed by atoms with Crippen molar-refractivity contribution >= 4 is 26.8 Å². The number of fused-ring (bicyclic) bond motifs is 1. The zero-order chi connectivity index (χ0) is 22.6. The molecular formula is C22H26N4O4S. The van der Waals surface area contributed by atoms with Gasteiger partial charge in [0, 0.05) is 26.9 Å². The Hall–Kier alpha value is -3.04. The SMILES string of the molecule is CC(NC(=O)CCCc1nc2ccccc2c(=O)[nH]1)c1ccc(S(=O)(=O)N(C)C)cc1. The summed E-state index contributed by atoms with van der Waals surface area (Å²) in [5.74, 6) is 0.433. The lowest BCUT2D eigenvalue weighted by atomic mass is 10.1. The molecule has 0 bridgehead atoms. The molecule has 2 N–H and O–H groups in total. The standard InChI is InChI=1S/C22H26N4O4S/c1-15(16-11-13-17(14-12-16)31(29,30)26(2)3)23-21(27)10-6-9-20-24-19-8-5-4-7-18(19)22(28)25-20/h4-5,7-8,11-15H,6,9-10H2,1-3H3,(H,23,27)(H,24,25,28). The van der Waals surface area contributed by atoms with Crippen LogP contribution >= 0.6 is 0 Å². The average Bonchev–Trinajstić information content (AvgIpc) is 2.73. The molecule has 0 aliphatic rings. The van der Waals surface area contributed by atoms with E-state index in [4.69, 9.17) is 0 Å². The van der Waals surface area contributed by atoms with Crippen molar-refractivity contribution in [1.29, 1.82) is 0 Å². The number of H-pyrrole nitrogens is 1. The molecule has 3 aromatic rings. The maximum Gasteiger partial charge on any atom is 0.258 e. The molecule has 0 saturated heterocycles. The summed E-state index contributed by atoms with van der Waals surface area (Å²) in [7, 11) is -0.520. The van der Waals surface area contributed by atoms with E-state index in [1.165, 1.54) is 26.2 Å². The number of hydrogen-bond acceptors (Lipinski definition) is 5. The molecular weight excluding hydrogens is 416 g/mol. The fourth-order valence-corrected chi connectivity index (χ4v) is 4.11. The second-order valence-corrected chi connectivity index (χ2v) is 9.68. The smallest absolute Gasteiger partial charge is 0.258 e. The minimum Gasteiger partial charge on any atom is -0.350 e. The Morgan fingerprint density at radius 2 is 1.81 bits per heavy atom. The largest absolute Gasteiger partial charge is 0.350 e. The van der Waals surface area contributed by atoms with Gasteiger partial charge < -0.3 is 10.3 Å². The van der Waals surface area contributed by atoms with E-state index in [1.807, 2.05) is 13.0 Å². The number of nitrogens with one attached hydrogen (secondary N) is 2. The molecule has 1 aromatic heterocycles. The average molecular weight is 443 g/mol. The van der Waals surface area contributed by atoms with E-state index >= 15 is 0 Å². The van der Waals surface area contributed by atoms with E-state index in [-0.39, 0.29) is 28.8 Å². The fraction of sp³-hybridized carbons (Fsp3) is 0.318. The highest BCUT2D eigenvalue weighted by molar-refractivity contribution is 7.89. The maximum absolute atomic E-state index is 12.3. The van der Waals surface area contributed by atoms with Crippen molar-refractivity contribution in [1.82, 2.24) is 19.6 Å². The minimum atomic E-state index is -3.48. The molecule has 1 unspecified atom stereocenters. The first-order valence-corrected chi connectivity index (χ1v) is 11.4. The Bertz CT molecular complexity index is 1230. The summed E-state index contributed by atoms with van der Waals surface area (Å²) >= 11 is 0. The van der Waals surface area contributed by atoms with Crippen molar-refractivity contribution in [3.8, 4) is 0 Å². The zero-order valence-corrected chi connectivity index (χ0v) is 18.6. The van der Waals surface area contributed by atoms with Crippen LogP contribution in [0.25, 0.3) is 10.9 Å². The van der Waals surface area contributed by atoms with Gasteiger partial charge in [0.1, 0.15) is 5.82 Å². The Balaban J connectivity index is 1.54. The third-order valence-corrected chi connectivity index (χ3v) is 6.84. The fourth-order valence-electron chi connectivity index (χ4n) is 3.21. The lowest BCUT2D eigenvalue weighted by molar-refractivity contribution is -0.121. The van der Waals surface area contributed by atoms with Crippen LogP contribution < -0.4 is 10.9 Å². The van der Waals surface area contributed by atoms with Crippen molar-refractivity contribution in [3.05, 3.63) is 70.3 Å². The first-order chi connectivity index (χ1) is 14.7. The summed E-state index contributed by atoms with van der Waals surface area (Å²) in [5, 5.41) is 3.46. The van der Waals surface area contributed by atoms with Crippen LogP contribution in [-0.2, 0) is 21.2 Å². The molecule has 0 radical (unpaired) electrons. The Kier molecular flexibility index (Phi) is 6.87. The zero-order valence-electron chi connectivity index (χ0n) is 17.8. The summed E-state index contributed by atoms with van der Waals surface area (Å²) in [6.07, 6.45) is 1.31. The number of aryl methyl sites for hydroxylation is 1. The first kappa shape index (κ1) is 22.6. The third-order valence-electron chi connectivity index (χ3n) is 5.02. The monoisotopic (exact) mass is 442 g/mol. The number of sulfonamides is 1. The van der Waals surface area contributed by atoms with Crippen LogP contribution in [-0.4, -0.2) is 42.7 Å². The van der Waals surface area contributed by atoms with Gasteiger partial charge in [-0.1, -0.05) is 24.3 Å². The summed E-state index contributed by atoms with van der Waals surface area (Å²) in [6, 6.07) is 13.3. The van der Waals surface area contributed by atoms with Gasteiger partial charge in [0.05, 0.1) is 21.8 Å². The molecule has 31 heavy (non-hydrogen) atoms. The van der Waals surface area contributed by atoms with E-state index in [1.54, 1.807) is 30.3 Å². The number of nitrogens with zero attached hydrogens (tertiary/aromatic N) is 2. The topological polar surface area (TPSA) is 112 Å². The summed E-state index contributed by atoms with van der Waals surface area (Å²) in [5.41, 5.74) is 1.27. The van der Waals surface area contributed by atoms with Gasteiger partial charge in [-0.3, -0.25) is 9.59 Å². The molecule has 8 nitrogen and oxygen atoms in total. The molecule has 2 aromatic carbocycles. The van der Waals surface area contributed by atoms with Gasteiger partial charge in [0.25, 0.3) is 5.56 Å². The van der Waals surface area contributed by atoms with Crippen molar-refractivity contribution in [2.45, 2.75) is 37.1 Å². The van der Waals surface area contributed by atoms with E-state index in [0.717, 1.165) is 9.87 Å². The number of carbonyl (C=O) groups is 1. The predicted octanol–water partition coefficient (Wildman–Crippen LogP) is 2.37. The molecule has 1 heterocycles. The molecule has 0 aliphatic carbocycles. The first-order valence-electron chi connectivity index (χ1n) is 9.98. The number of carbonyl (C=O) groups excluding carboxylic acids is 1. The molecule has 9 heteroatoms. The number of hydrogen-bond donors (Lipinski definition) is 2. The van der Waals surface area contributed by atoms with Crippen molar-refractivity contribution in [2.24, 2.45) is 0 Å². The molecule has 1 amide bonds. The minimum absolute atomic E-state index is 0.124. The number of amides is 1. The van der Waals surface area contributed by atoms with Crippen LogP contribution in [0, 0.1) is 0 Å². The molecule has 164 valence electrons. The Morgan fingerprint density at radius 1 is 1.13 bits per heavy atom. The van der Waals surface area contributed by atoms with Crippen molar-refractivity contribution < 1.29 is 13.2 Å². The molecule has 3 rings (SSSR count). The van der Waals surface area contributed by atoms with Crippen LogP contribution in [0.1, 0.15) is 37.2 Å². The van der Waals surface area contributed by atoms with Gasteiger partial charge >= 0.3 is 0 Å². The lowest BCUT2D eigenvalue weighted by Gasteiger charge is -2.16. The van der Waals surface area contributed by atoms with E-state index in [2.05, 4.69) is 15.3 Å². The van der Waals surface area contributed by atoms with Crippen LogP contribution in [0.5, 0.6) is 0 Å². The van der Waals surface area contributed by atoms with Gasteiger partial charge in [-0.05, 0) is 43.2 Å². The van der Waals surface area contributed by atoms with Gasteiger partial charge in [-0.15, -0.1) is 0 Å². The summed E-state index contributed by atoms with van der Waals surface area (Å²) in [4.78, 5) is 31.8. The number of aromatic amines is 1. The lowest BCUT2D eigenvalue weighted by Crippen LogP contribution is -2.26. The number of benzene rings is 2. The predicted molar refractivity (Wildman–Crippen MR) is 119 cm³/mol. The highest BCUT2D eigenvalue weighted by Crippen LogP contribution is 2.18. The summed E-state index contributed by atoms with van der Waals surface area (Å²) < 4.78 is 25.5. The highest BCUT2D eigenvalue weighted by Gasteiger charge is 2.17. The van der Waals surface area contributed by atoms with Crippen LogP contribution in [0.3, 0.4) is 0 Å². The van der Waals surface area contributed by atoms with Crippen LogP contribution in [0.2, 0.25) is 0 Å². The molecule has 1 atom stereocenters. The van der Waals surface area contributed by atoms with E-state index in [9.17, 15) is 18.0 Å². The highest BCUT2D eigenvalue weighted by atomic mass is 32.2. The van der Waals surface area contributed by atoms with Gasteiger partial charge in [-0.25, -0.2) is 17.7 Å². The van der Waals surface area contributed by atoms with Gasteiger partial charge in [0.2, 0.25) is 15.9 Å². The van der Waals surface area contributed by atoms with E-state index in [0.29, 0.717) is 29.6 Å². The molecule has 0 fully saturated rings. The Morgan fingerprint density at radius 3 is 2.48 bits per heavy atom. The Labute approximate surface area is 181 Å². The molecule has 0 saturated carbocycles. The normalized spacial score (nSPS) is 12.8. The van der Waals surface area contributed by atoms with Crippen LogP contribution in [0.15, 0.2) is 58.2 Å². The van der Waals surface area contributed by atoms with E-state index < -0.39 is 10.0 Å². The second-order valence-electron chi connectivity index (χ2n) is 7.53. The molecule has 0 aliphatic heterocycles.